The summed E-state index contributed by atoms with van der Waals surface area (Å²) < 4.78 is 6.09. The minimum absolute atomic E-state index is 0. The van der Waals surface area contributed by atoms with Crippen LogP contribution in [0.3, 0.4) is 0 Å². The van der Waals surface area contributed by atoms with Gasteiger partial charge in [-0.2, -0.15) is 0 Å². The summed E-state index contributed by atoms with van der Waals surface area (Å²) in [4.78, 5) is 8.09. The Bertz CT molecular complexity index is 513. The van der Waals surface area contributed by atoms with Gasteiger partial charge >= 0.3 is 0 Å². The lowest BCUT2D eigenvalue weighted by Crippen LogP contribution is -2.48. The summed E-state index contributed by atoms with van der Waals surface area (Å²) in [5, 5.41) is 5.71. The van der Waals surface area contributed by atoms with Crippen molar-refractivity contribution in [3.8, 4) is 0 Å². The molecular formula is C19H34IN3OS. The molecule has 25 heavy (non-hydrogen) atoms. The van der Waals surface area contributed by atoms with Crippen molar-refractivity contribution in [1.29, 1.82) is 0 Å². The average Bonchev–Trinajstić information content (AvgIpc) is 3.06. The van der Waals surface area contributed by atoms with Crippen LogP contribution in [-0.4, -0.2) is 50.8 Å². The van der Waals surface area contributed by atoms with Crippen LogP contribution in [0.4, 0.5) is 0 Å². The molecule has 6 heteroatoms. The van der Waals surface area contributed by atoms with E-state index in [1.807, 2.05) is 18.4 Å². The van der Waals surface area contributed by atoms with Crippen LogP contribution in [0.2, 0.25) is 0 Å². The van der Waals surface area contributed by atoms with Gasteiger partial charge in [-0.1, -0.05) is 26.8 Å². The Hall–Kier alpha value is -0.340. The lowest BCUT2D eigenvalue weighted by atomic mass is 9.78. The minimum Gasteiger partial charge on any atom is -0.377 e. The molecule has 1 fully saturated rings. The highest BCUT2D eigenvalue weighted by Crippen LogP contribution is 2.33. The van der Waals surface area contributed by atoms with Crippen molar-refractivity contribution in [2.45, 2.75) is 46.1 Å². The summed E-state index contributed by atoms with van der Waals surface area (Å²) in [6, 6.07) is 4.31. The minimum atomic E-state index is 0. The van der Waals surface area contributed by atoms with Gasteiger partial charge in [-0.25, -0.2) is 0 Å². The molecule has 1 saturated heterocycles. The number of aliphatic imine (C=N–C) groups is 1. The van der Waals surface area contributed by atoms with E-state index in [1.54, 1.807) is 0 Å². The van der Waals surface area contributed by atoms with Gasteiger partial charge in [0.25, 0.3) is 0 Å². The van der Waals surface area contributed by atoms with Gasteiger partial charge in [0.1, 0.15) is 0 Å². The molecular weight excluding hydrogens is 445 g/mol. The molecule has 1 aromatic rings. The molecule has 0 spiro atoms. The molecule has 0 aromatic carbocycles. The Labute approximate surface area is 174 Å². The van der Waals surface area contributed by atoms with Crippen molar-refractivity contribution in [2.24, 2.45) is 16.3 Å². The maximum absolute atomic E-state index is 6.09. The third kappa shape index (κ3) is 7.06. The number of nitrogens with zero attached hydrogens (tertiary/aromatic N) is 2. The maximum atomic E-state index is 6.09. The first-order chi connectivity index (χ1) is 11.4. The fourth-order valence-corrected chi connectivity index (χ4v) is 4.15. The van der Waals surface area contributed by atoms with E-state index in [9.17, 15) is 0 Å². The first kappa shape index (κ1) is 22.7. The molecule has 0 bridgehead atoms. The summed E-state index contributed by atoms with van der Waals surface area (Å²) in [5.74, 6) is 1.52. The lowest BCUT2D eigenvalue weighted by Gasteiger charge is -2.40. The second-order valence-corrected chi connectivity index (χ2v) is 8.77. The highest BCUT2D eigenvalue weighted by Gasteiger charge is 2.35. The zero-order chi connectivity index (χ0) is 17.6. The summed E-state index contributed by atoms with van der Waals surface area (Å²) in [7, 11) is 3.98. The molecule has 1 N–H and O–H groups in total. The molecule has 2 atom stereocenters. The van der Waals surface area contributed by atoms with Gasteiger partial charge in [0.05, 0.1) is 6.10 Å². The largest absolute Gasteiger partial charge is 0.377 e. The molecule has 2 rings (SSSR count). The van der Waals surface area contributed by atoms with Crippen molar-refractivity contribution < 1.29 is 4.74 Å². The number of thiophene rings is 1. The Balaban J connectivity index is 0.00000312. The summed E-state index contributed by atoms with van der Waals surface area (Å²) in [5.41, 5.74) is 0.182. The van der Waals surface area contributed by atoms with Gasteiger partial charge in [0.2, 0.25) is 0 Å². The van der Waals surface area contributed by atoms with Crippen LogP contribution in [0.5, 0.6) is 0 Å². The summed E-state index contributed by atoms with van der Waals surface area (Å²) in [6.07, 6.45) is 3.76. The van der Waals surface area contributed by atoms with E-state index in [-0.39, 0.29) is 29.4 Å². The van der Waals surface area contributed by atoms with E-state index >= 15 is 0 Å². The van der Waals surface area contributed by atoms with Gasteiger partial charge < -0.3 is 15.0 Å². The van der Waals surface area contributed by atoms with E-state index in [0.29, 0.717) is 12.0 Å². The topological polar surface area (TPSA) is 36.9 Å². The predicted molar refractivity (Wildman–Crippen MR) is 119 cm³/mol. The fraction of sp³-hybridized carbons (Fsp3) is 0.737. The van der Waals surface area contributed by atoms with Gasteiger partial charge in [0.15, 0.2) is 5.96 Å². The number of rotatable bonds is 5. The van der Waals surface area contributed by atoms with Crippen molar-refractivity contribution in [2.75, 3.05) is 33.8 Å². The maximum Gasteiger partial charge on any atom is 0.193 e. The Morgan fingerprint density at radius 3 is 2.80 bits per heavy atom. The SMILES string of the molecule is CN=C(NCC1CCCOC1C(C)(C)C)N(C)CCc1cccs1.I. The normalized spacial score (nSPS) is 21.6. The van der Waals surface area contributed by atoms with Gasteiger partial charge in [-0.15, -0.1) is 35.3 Å². The number of nitrogens with one attached hydrogen (secondary N) is 1. The number of halogens is 1. The van der Waals surface area contributed by atoms with Crippen LogP contribution in [0.1, 0.15) is 38.5 Å². The number of hydrogen-bond acceptors (Lipinski definition) is 3. The molecule has 1 aromatic heterocycles. The Kier molecular flexibility index (Phi) is 9.74. The van der Waals surface area contributed by atoms with Crippen molar-refractivity contribution in [3.05, 3.63) is 22.4 Å². The predicted octanol–water partition coefficient (Wildman–Crippen LogP) is 4.26. The lowest BCUT2D eigenvalue weighted by molar-refractivity contribution is -0.0836. The van der Waals surface area contributed by atoms with Crippen LogP contribution in [0, 0.1) is 11.3 Å². The molecule has 0 radical (unpaired) electrons. The van der Waals surface area contributed by atoms with Crippen molar-refractivity contribution in [1.82, 2.24) is 10.2 Å². The number of ether oxygens (including phenoxy) is 1. The first-order valence-corrected chi connectivity index (χ1v) is 9.85. The fourth-order valence-electron chi connectivity index (χ4n) is 3.46. The number of guanidine groups is 1. The van der Waals surface area contributed by atoms with Crippen molar-refractivity contribution in [3.63, 3.8) is 0 Å². The van der Waals surface area contributed by atoms with E-state index < -0.39 is 0 Å². The molecule has 2 unspecified atom stereocenters. The van der Waals surface area contributed by atoms with Crippen molar-refractivity contribution >= 4 is 41.3 Å². The highest BCUT2D eigenvalue weighted by molar-refractivity contribution is 14.0. The van der Waals surface area contributed by atoms with Gasteiger partial charge in [-0.05, 0) is 36.1 Å². The third-order valence-corrected chi connectivity index (χ3v) is 5.60. The standard InChI is InChI=1S/C19H33N3OS.HI/c1-19(2,3)17-15(8-6-12-23-17)14-21-18(20-4)22(5)11-10-16-9-7-13-24-16;/h7,9,13,15,17H,6,8,10-12,14H2,1-5H3,(H,20,21);1H. The molecule has 0 saturated carbocycles. The highest BCUT2D eigenvalue weighted by atomic mass is 127. The number of likely N-dealkylation sites (N-methyl/N-ethyl adjacent to an activating group) is 1. The second kappa shape index (κ2) is 10.7. The quantitative estimate of drug-likeness (QED) is 0.390. The van der Waals surface area contributed by atoms with Gasteiger partial charge in [0, 0.05) is 44.6 Å². The van der Waals surface area contributed by atoms with Crippen LogP contribution in [0.15, 0.2) is 22.5 Å². The van der Waals surface area contributed by atoms with E-state index in [2.05, 4.69) is 60.5 Å². The zero-order valence-electron chi connectivity index (χ0n) is 16.2. The van der Waals surface area contributed by atoms with E-state index in [1.165, 1.54) is 11.3 Å². The van der Waals surface area contributed by atoms with E-state index in [4.69, 9.17) is 4.74 Å². The van der Waals surface area contributed by atoms with Crippen LogP contribution < -0.4 is 5.32 Å². The van der Waals surface area contributed by atoms with Crippen LogP contribution in [-0.2, 0) is 11.2 Å². The third-order valence-electron chi connectivity index (χ3n) is 4.67. The van der Waals surface area contributed by atoms with Gasteiger partial charge in [-0.3, -0.25) is 4.99 Å². The molecule has 2 heterocycles. The Morgan fingerprint density at radius 1 is 1.44 bits per heavy atom. The summed E-state index contributed by atoms with van der Waals surface area (Å²) >= 11 is 1.82. The molecule has 4 nitrogen and oxygen atoms in total. The molecule has 0 amide bonds. The second-order valence-electron chi connectivity index (χ2n) is 7.74. The average molecular weight is 479 g/mol. The summed E-state index contributed by atoms with van der Waals surface area (Å²) in [6.45, 7) is 9.63. The molecule has 0 aliphatic carbocycles. The monoisotopic (exact) mass is 479 g/mol. The van der Waals surface area contributed by atoms with Crippen LogP contribution >= 0.6 is 35.3 Å². The Morgan fingerprint density at radius 2 is 2.20 bits per heavy atom. The molecule has 1 aliphatic heterocycles. The molecule has 1 aliphatic rings. The molecule has 144 valence electrons. The first-order valence-electron chi connectivity index (χ1n) is 8.97. The zero-order valence-corrected chi connectivity index (χ0v) is 19.4. The number of hydrogen-bond donors (Lipinski definition) is 1. The smallest absolute Gasteiger partial charge is 0.193 e. The van der Waals surface area contributed by atoms with Crippen LogP contribution in [0.25, 0.3) is 0 Å². The van der Waals surface area contributed by atoms with E-state index in [0.717, 1.165) is 38.5 Å².